The highest BCUT2D eigenvalue weighted by molar-refractivity contribution is 5.83. The van der Waals surface area contributed by atoms with Gasteiger partial charge in [0.15, 0.2) is 0 Å². The molecule has 0 radical (unpaired) electrons. The Morgan fingerprint density at radius 2 is 1.88 bits per heavy atom. The predicted molar refractivity (Wildman–Crippen MR) is 93.1 cm³/mol. The average molecular weight is 344 g/mol. The van der Waals surface area contributed by atoms with Gasteiger partial charge < -0.3 is 14.6 Å². The SMILES string of the molecule is C[C@@H](Nc1nnc(C2CC(C3CC3)C2)o1)C(=O)N1CCC2(CC1)CC2. The van der Waals surface area contributed by atoms with Crippen LogP contribution in [-0.2, 0) is 4.79 Å². The Bertz CT molecular complexity index is 648. The van der Waals surface area contributed by atoms with Crippen molar-refractivity contribution in [2.24, 2.45) is 17.3 Å². The fraction of sp³-hybridized carbons (Fsp3) is 0.842. The van der Waals surface area contributed by atoms with E-state index in [4.69, 9.17) is 4.42 Å². The summed E-state index contributed by atoms with van der Waals surface area (Å²) in [4.78, 5) is 14.6. The van der Waals surface area contributed by atoms with Crippen LogP contribution in [0.25, 0.3) is 0 Å². The molecule has 4 fully saturated rings. The summed E-state index contributed by atoms with van der Waals surface area (Å²) < 4.78 is 5.78. The Labute approximate surface area is 148 Å². The smallest absolute Gasteiger partial charge is 0.316 e. The highest BCUT2D eigenvalue weighted by Gasteiger charge is 2.45. The fourth-order valence-electron chi connectivity index (χ4n) is 4.67. The van der Waals surface area contributed by atoms with Crippen molar-refractivity contribution in [1.82, 2.24) is 15.1 Å². The molecule has 5 rings (SSSR count). The van der Waals surface area contributed by atoms with E-state index in [1.165, 1.54) is 51.4 Å². The lowest BCUT2D eigenvalue weighted by Crippen LogP contribution is -2.45. The molecule has 0 unspecified atom stereocenters. The van der Waals surface area contributed by atoms with E-state index in [9.17, 15) is 4.79 Å². The summed E-state index contributed by atoms with van der Waals surface area (Å²) in [6, 6.07) is 0.0727. The second-order valence-corrected chi connectivity index (χ2v) is 8.90. The number of carbonyl (C=O) groups excluding carboxylic acids is 1. The molecular formula is C19H28N4O2. The first-order chi connectivity index (χ1) is 12.1. The number of anilines is 1. The van der Waals surface area contributed by atoms with Crippen LogP contribution in [0.3, 0.4) is 0 Å². The molecule has 1 atom stereocenters. The van der Waals surface area contributed by atoms with Gasteiger partial charge in [-0.15, -0.1) is 5.10 Å². The number of nitrogens with zero attached hydrogens (tertiary/aromatic N) is 3. The molecule has 1 amide bonds. The molecule has 6 nitrogen and oxygen atoms in total. The van der Waals surface area contributed by atoms with Crippen molar-refractivity contribution in [3.8, 4) is 0 Å². The zero-order chi connectivity index (χ0) is 17.0. The Morgan fingerprint density at radius 1 is 1.16 bits per heavy atom. The van der Waals surface area contributed by atoms with Crippen molar-refractivity contribution in [2.75, 3.05) is 18.4 Å². The molecule has 3 saturated carbocycles. The lowest BCUT2D eigenvalue weighted by Gasteiger charge is -2.33. The predicted octanol–water partition coefficient (Wildman–Crippen LogP) is 3.18. The third-order valence-electron chi connectivity index (χ3n) is 7.06. The summed E-state index contributed by atoms with van der Waals surface area (Å²) in [6.45, 7) is 3.68. The van der Waals surface area contributed by atoms with E-state index in [0.717, 1.165) is 30.8 Å². The molecule has 1 N–H and O–H groups in total. The number of carbonyl (C=O) groups is 1. The van der Waals surface area contributed by atoms with Gasteiger partial charge in [0, 0.05) is 19.0 Å². The van der Waals surface area contributed by atoms with Gasteiger partial charge >= 0.3 is 6.01 Å². The number of rotatable bonds is 5. The third-order valence-corrected chi connectivity index (χ3v) is 7.06. The summed E-state index contributed by atoms with van der Waals surface area (Å²) in [6.07, 6.45) is 10.2. The summed E-state index contributed by atoms with van der Waals surface area (Å²) >= 11 is 0. The van der Waals surface area contributed by atoms with E-state index < -0.39 is 0 Å². The van der Waals surface area contributed by atoms with Crippen LogP contribution in [0.2, 0.25) is 0 Å². The van der Waals surface area contributed by atoms with Crippen LogP contribution in [0.4, 0.5) is 6.01 Å². The van der Waals surface area contributed by atoms with Gasteiger partial charge in [-0.1, -0.05) is 5.10 Å². The molecule has 2 heterocycles. The minimum atomic E-state index is -0.317. The third kappa shape index (κ3) is 3.04. The summed E-state index contributed by atoms with van der Waals surface area (Å²) in [5.74, 6) is 3.16. The van der Waals surface area contributed by atoms with Gasteiger partial charge in [0.25, 0.3) is 0 Å². The van der Waals surface area contributed by atoms with Crippen molar-refractivity contribution < 1.29 is 9.21 Å². The van der Waals surface area contributed by atoms with Crippen LogP contribution in [-0.4, -0.2) is 40.1 Å². The lowest BCUT2D eigenvalue weighted by atomic mass is 9.72. The molecule has 136 valence electrons. The van der Waals surface area contributed by atoms with E-state index in [1.54, 1.807) is 0 Å². The monoisotopic (exact) mass is 344 g/mol. The first-order valence-electron chi connectivity index (χ1n) is 10.0. The molecule has 6 heteroatoms. The van der Waals surface area contributed by atoms with Gasteiger partial charge in [0.2, 0.25) is 11.8 Å². The van der Waals surface area contributed by atoms with Crippen molar-refractivity contribution in [2.45, 2.75) is 70.3 Å². The van der Waals surface area contributed by atoms with Crippen molar-refractivity contribution >= 4 is 11.9 Å². The van der Waals surface area contributed by atoms with Crippen LogP contribution < -0.4 is 5.32 Å². The molecule has 0 aromatic carbocycles. The maximum absolute atomic E-state index is 12.6. The zero-order valence-corrected chi connectivity index (χ0v) is 15.0. The van der Waals surface area contributed by atoms with Crippen molar-refractivity contribution in [3.05, 3.63) is 5.89 Å². The second kappa shape index (κ2) is 5.71. The molecule has 4 aliphatic rings. The topological polar surface area (TPSA) is 71.3 Å². The molecule has 1 aromatic heterocycles. The maximum atomic E-state index is 12.6. The van der Waals surface area contributed by atoms with Crippen LogP contribution >= 0.6 is 0 Å². The Morgan fingerprint density at radius 3 is 2.52 bits per heavy atom. The highest BCUT2D eigenvalue weighted by atomic mass is 16.4. The van der Waals surface area contributed by atoms with Gasteiger partial charge in [-0.3, -0.25) is 4.79 Å². The van der Waals surface area contributed by atoms with E-state index in [2.05, 4.69) is 15.5 Å². The van der Waals surface area contributed by atoms with Crippen molar-refractivity contribution in [3.63, 3.8) is 0 Å². The molecular weight excluding hydrogens is 316 g/mol. The molecule has 3 aliphatic carbocycles. The average Bonchev–Trinajstić information content (AvgIpc) is 3.49. The van der Waals surface area contributed by atoms with Gasteiger partial charge in [-0.25, -0.2) is 0 Å². The normalized spacial score (nSPS) is 31.5. The van der Waals surface area contributed by atoms with E-state index >= 15 is 0 Å². The lowest BCUT2D eigenvalue weighted by molar-refractivity contribution is -0.133. The van der Waals surface area contributed by atoms with Gasteiger partial charge in [-0.05, 0) is 75.5 Å². The standard InChI is InChI=1S/C19H28N4O2/c1-12(17(24)23-8-6-19(4-5-19)7-9-23)20-18-22-21-16(25-18)15-10-14(11-15)13-2-3-13/h12-15H,2-11H2,1H3,(H,20,22)/t12-,14?,15?/m1/s1. The van der Waals surface area contributed by atoms with Gasteiger partial charge in [0.05, 0.1) is 0 Å². The fourth-order valence-corrected chi connectivity index (χ4v) is 4.67. The molecule has 1 saturated heterocycles. The van der Waals surface area contributed by atoms with Crippen LogP contribution in [0.5, 0.6) is 0 Å². The number of nitrogens with one attached hydrogen (secondary N) is 1. The molecule has 1 aromatic rings. The number of hydrogen-bond acceptors (Lipinski definition) is 5. The van der Waals surface area contributed by atoms with Crippen molar-refractivity contribution in [1.29, 1.82) is 0 Å². The minimum Gasteiger partial charge on any atom is -0.408 e. The summed E-state index contributed by atoms with van der Waals surface area (Å²) in [5, 5.41) is 11.4. The van der Waals surface area contributed by atoms with E-state index in [0.29, 0.717) is 17.3 Å². The maximum Gasteiger partial charge on any atom is 0.316 e. The van der Waals surface area contributed by atoms with E-state index in [1.807, 2.05) is 11.8 Å². The molecule has 0 bridgehead atoms. The van der Waals surface area contributed by atoms with Crippen LogP contribution in [0.1, 0.15) is 70.1 Å². The summed E-state index contributed by atoms with van der Waals surface area (Å²) in [7, 11) is 0. The molecule has 25 heavy (non-hydrogen) atoms. The first-order valence-corrected chi connectivity index (χ1v) is 10.0. The van der Waals surface area contributed by atoms with Crippen LogP contribution in [0.15, 0.2) is 4.42 Å². The van der Waals surface area contributed by atoms with Gasteiger partial charge in [0.1, 0.15) is 6.04 Å². The summed E-state index contributed by atoms with van der Waals surface area (Å²) in [5.41, 5.74) is 0.593. The number of aromatic nitrogens is 2. The number of piperidine rings is 1. The Hall–Kier alpha value is -1.59. The zero-order valence-electron chi connectivity index (χ0n) is 15.0. The van der Waals surface area contributed by atoms with E-state index in [-0.39, 0.29) is 11.9 Å². The number of hydrogen-bond donors (Lipinski definition) is 1. The quantitative estimate of drug-likeness (QED) is 0.888. The largest absolute Gasteiger partial charge is 0.408 e. The second-order valence-electron chi connectivity index (χ2n) is 8.90. The highest BCUT2D eigenvalue weighted by Crippen LogP contribution is 2.54. The Kier molecular flexibility index (Phi) is 3.57. The molecule has 1 spiro atoms. The Balaban J connectivity index is 1.13. The first kappa shape index (κ1) is 15.6. The number of amides is 1. The minimum absolute atomic E-state index is 0.146. The van der Waals surface area contributed by atoms with Crippen LogP contribution in [0, 0.1) is 17.3 Å². The van der Waals surface area contributed by atoms with Gasteiger partial charge in [-0.2, -0.15) is 0 Å². The molecule has 1 aliphatic heterocycles. The number of likely N-dealkylation sites (tertiary alicyclic amines) is 1.